The van der Waals surface area contributed by atoms with Gasteiger partial charge in [-0.25, -0.2) is 0 Å². The number of benzene rings is 3. The van der Waals surface area contributed by atoms with Crippen LogP contribution in [0.3, 0.4) is 0 Å². The Morgan fingerprint density at radius 2 is 1.67 bits per heavy atom. The molecule has 2 N–H and O–H groups in total. The fourth-order valence-corrected chi connectivity index (χ4v) is 4.37. The van der Waals surface area contributed by atoms with Crippen LogP contribution in [0, 0.1) is 0 Å². The van der Waals surface area contributed by atoms with Crippen molar-refractivity contribution >= 4 is 23.2 Å². The van der Waals surface area contributed by atoms with E-state index in [-0.39, 0.29) is 17.9 Å². The topological polar surface area (TPSA) is 70.7 Å². The van der Waals surface area contributed by atoms with Gasteiger partial charge in [0.1, 0.15) is 5.75 Å². The van der Waals surface area contributed by atoms with Crippen LogP contribution in [0.1, 0.15) is 71.9 Å². The van der Waals surface area contributed by atoms with Crippen LogP contribution in [0.25, 0.3) is 0 Å². The second-order valence-electron chi connectivity index (χ2n) is 9.21. The average Bonchev–Trinajstić information content (AvgIpc) is 3.44. The van der Waals surface area contributed by atoms with Crippen LogP contribution in [-0.4, -0.2) is 31.5 Å². The van der Waals surface area contributed by atoms with E-state index in [1.54, 1.807) is 18.2 Å². The van der Waals surface area contributed by atoms with Crippen LogP contribution in [-0.2, 0) is 0 Å². The molecule has 0 aliphatic carbocycles. The minimum atomic E-state index is -0.229. The summed E-state index contributed by atoms with van der Waals surface area (Å²) in [6.45, 7) is 6.61. The van der Waals surface area contributed by atoms with E-state index in [4.69, 9.17) is 4.74 Å². The molecule has 1 atom stereocenters. The van der Waals surface area contributed by atoms with E-state index >= 15 is 0 Å². The molecule has 1 saturated heterocycles. The van der Waals surface area contributed by atoms with E-state index in [1.165, 1.54) is 0 Å². The Morgan fingerprint density at radius 3 is 2.36 bits per heavy atom. The number of hydrogen-bond donors (Lipinski definition) is 2. The highest BCUT2D eigenvalue weighted by molar-refractivity contribution is 6.06. The standard InChI is InChI=1S/C30H35N3O3/c1-3-4-20-36-26-15-12-24(13-16-26)29(34)32-25-14-17-28(33-18-8-9-19-33)27(21-25)30(35)31-22(2)23-10-6-5-7-11-23/h5-7,10-17,21-22H,3-4,8-9,18-20H2,1-2H3,(H,31,35)(H,32,34). The van der Waals surface area contributed by atoms with Crippen molar-refractivity contribution < 1.29 is 14.3 Å². The van der Waals surface area contributed by atoms with Gasteiger partial charge in [-0.3, -0.25) is 9.59 Å². The third-order valence-electron chi connectivity index (χ3n) is 6.48. The summed E-state index contributed by atoms with van der Waals surface area (Å²) in [5, 5.41) is 6.07. The number of carbonyl (C=O) groups is 2. The number of amides is 2. The molecule has 1 heterocycles. The number of rotatable bonds is 10. The maximum atomic E-state index is 13.4. The van der Waals surface area contributed by atoms with Gasteiger partial charge in [0.05, 0.1) is 18.2 Å². The van der Waals surface area contributed by atoms with Crippen molar-refractivity contribution in [2.45, 2.75) is 45.6 Å². The lowest BCUT2D eigenvalue weighted by Crippen LogP contribution is -2.29. The van der Waals surface area contributed by atoms with Crippen molar-refractivity contribution in [3.05, 3.63) is 89.5 Å². The molecule has 0 radical (unpaired) electrons. The Bertz CT molecular complexity index is 1160. The van der Waals surface area contributed by atoms with Crippen LogP contribution in [0.5, 0.6) is 5.75 Å². The summed E-state index contributed by atoms with van der Waals surface area (Å²) >= 11 is 0. The summed E-state index contributed by atoms with van der Waals surface area (Å²) in [5.74, 6) is 0.368. The van der Waals surface area contributed by atoms with Crippen molar-refractivity contribution in [1.29, 1.82) is 0 Å². The van der Waals surface area contributed by atoms with E-state index in [2.05, 4.69) is 22.5 Å². The third kappa shape index (κ3) is 6.45. The molecule has 6 heteroatoms. The zero-order chi connectivity index (χ0) is 25.3. The Kier molecular flexibility index (Phi) is 8.61. The Hall–Kier alpha value is -3.80. The molecule has 1 fully saturated rings. The molecule has 3 aromatic rings. The lowest BCUT2D eigenvalue weighted by molar-refractivity contribution is 0.0939. The fraction of sp³-hybridized carbons (Fsp3) is 0.333. The summed E-state index contributed by atoms with van der Waals surface area (Å²) in [4.78, 5) is 28.5. The average molecular weight is 486 g/mol. The van der Waals surface area contributed by atoms with Gasteiger partial charge < -0.3 is 20.3 Å². The maximum absolute atomic E-state index is 13.4. The molecule has 36 heavy (non-hydrogen) atoms. The first-order valence-corrected chi connectivity index (χ1v) is 12.8. The number of hydrogen-bond acceptors (Lipinski definition) is 4. The smallest absolute Gasteiger partial charge is 0.255 e. The summed E-state index contributed by atoms with van der Waals surface area (Å²) in [6, 6.07) is 22.5. The first-order valence-electron chi connectivity index (χ1n) is 12.8. The molecule has 3 aromatic carbocycles. The number of nitrogens with zero attached hydrogens (tertiary/aromatic N) is 1. The predicted octanol–water partition coefficient (Wildman–Crippen LogP) is 6.21. The molecule has 0 bridgehead atoms. The minimum absolute atomic E-state index is 0.138. The van der Waals surface area contributed by atoms with Gasteiger partial charge in [0, 0.05) is 30.0 Å². The largest absolute Gasteiger partial charge is 0.494 e. The third-order valence-corrected chi connectivity index (χ3v) is 6.48. The number of unbranched alkanes of at least 4 members (excludes halogenated alkanes) is 1. The first kappa shape index (κ1) is 25.3. The first-order chi connectivity index (χ1) is 17.5. The van der Waals surface area contributed by atoms with Crippen molar-refractivity contribution in [2.75, 3.05) is 29.9 Å². The van der Waals surface area contributed by atoms with Gasteiger partial charge in [0.25, 0.3) is 11.8 Å². The van der Waals surface area contributed by atoms with Gasteiger partial charge in [-0.2, -0.15) is 0 Å². The van der Waals surface area contributed by atoms with Gasteiger partial charge >= 0.3 is 0 Å². The lowest BCUT2D eigenvalue weighted by Gasteiger charge is -2.23. The van der Waals surface area contributed by atoms with Crippen LogP contribution in [0.15, 0.2) is 72.8 Å². The van der Waals surface area contributed by atoms with Crippen molar-refractivity contribution in [3.8, 4) is 5.75 Å². The predicted molar refractivity (Wildman–Crippen MR) is 145 cm³/mol. The van der Waals surface area contributed by atoms with Crippen molar-refractivity contribution in [1.82, 2.24) is 5.32 Å². The minimum Gasteiger partial charge on any atom is -0.494 e. The summed E-state index contributed by atoms with van der Waals surface area (Å²) in [5.41, 5.74) is 3.63. The molecule has 0 saturated carbocycles. The number of nitrogens with one attached hydrogen (secondary N) is 2. The summed E-state index contributed by atoms with van der Waals surface area (Å²) in [6.07, 6.45) is 4.29. The summed E-state index contributed by atoms with van der Waals surface area (Å²) < 4.78 is 5.69. The second-order valence-corrected chi connectivity index (χ2v) is 9.21. The molecule has 4 rings (SSSR count). The van der Waals surface area contributed by atoms with Crippen LogP contribution in [0.2, 0.25) is 0 Å². The molecule has 1 unspecified atom stereocenters. The highest BCUT2D eigenvalue weighted by Crippen LogP contribution is 2.28. The molecule has 2 amide bonds. The van der Waals surface area contributed by atoms with E-state index in [0.717, 1.165) is 55.8 Å². The molecule has 0 spiro atoms. The van der Waals surface area contributed by atoms with Gasteiger partial charge in [0.2, 0.25) is 0 Å². The van der Waals surface area contributed by atoms with Gasteiger partial charge in [-0.15, -0.1) is 0 Å². The Morgan fingerprint density at radius 1 is 0.944 bits per heavy atom. The molecular weight excluding hydrogens is 450 g/mol. The van der Waals surface area contributed by atoms with Crippen LogP contribution < -0.4 is 20.3 Å². The summed E-state index contributed by atoms with van der Waals surface area (Å²) in [7, 11) is 0. The van der Waals surface area contributed by atoms with Crippen molar-refractivity contribution in [2.24, 2.45) is 0 Å². The van der Waals surface area contributed by atoms with E-state index in [1.807, 2.05) is 61.5 Å². The normalized spacial score (nSPS) is 13.8. The quantitative estimate of drug-likeness (QED) is 0.335. The zero-order valence-corrected chi connectivity index (χ0v) is 21.1. The number of anilines is 2. The molecule has 188 valence electrons. The lowest BCUT2D eigenvalue weighted by atomic mass is 10.1. The molecule has 1 aliphatic rings. The van der Waals surface area contributed by atoms with Crippen LogP contribution in [0.4, 0.5) is 11.4 Å². The van der Waals surface area contributed by atoms with Crippen LogP contribution >= 0.6 is 0 Å². The van der Waals surface area contributed by atoms with Crippen molar-refractivity contribution in [3.63, 3.8) is 0 Å². The molecule has 6 nitrogen and oxygen atoms in total. The van der Waals surface area contributed by atoms with Gasteiger partial charge in [-0.05, 0) is 74.2 Å². The molecular formula is C30H35N3O3. The molecule has 0 aromatic heterocycles. The van der Waals surface area contributed by atoms with E-state index in [9.17, 15) is 9.59 Å². The Labute approximate surface area is 213 Å². The zero-order valence-electron chi connectivity index (χ0n) is 21.1. The highest BCUT2D eigenvalue weighted by Gasteiger charge is 2.22. The maximum Gasteiger partial charge on any atom is 0.255 e. The molecule has 1 aliphatic heterocycles. The monoisotopic (exact) mass is 485 g/mol. The van der Waals surface area contributed by atoms with E-state index in [0.29, 0.717) is 23.4 Å². The second kappa shape index (κ2) is 12.2. The van der Waals surface area contributed by atoms with Gasteiger partial charge in [-0.1, -0.05) is 43.7 Å². The number of ether oxygens (including phenoxy) is 1. The highest BCUT2D eigenvalue weighted by atomic mass is 16.5. The Balaban J connectivity index is 1.50. The van der Waals surface area contributed by atoms with E-state index < -0.39 is 0 Å². The number of carbonyl (C=O) groups excluding carboxylic acids is 2. The fourth-order valence-electron chi connectivity index (χ4n) is 4.37. The SMILES string of the molecule is CCCCOc1ccc(C(=O)Nc2ccc(N3CCCC3)c(C(=O)NC(C)c3ccccc3)c2)cc1. The van der Waals surface area contributed by atoms with Gasteiger partial charge in [0.15, 0.2) is 0 Å².